The van der Waals surface area contributed by atoms with Gasteiger partial charge in [-0.1, -0.05) is 42.5 Å². The first-order valence-corrected chi connectivity index (χ1v) is 10.5. The van der Waals surface area contributed by atoms with E-state index < -0.39 is 6.10 Å². The van der Waals surface area contributed by atoms with Crippen molar-refractivity contribution in [3.63, 3.8) is 0 Å². The monoisotopic (exact) mass is 388 g/mol. The van der Waals surface area contributed by atoms with Crippen molar-refractivity contribution < 1.29 is 24.1 Å². The topological polar surface area (TPSA) is 65.0 Å². The van der Waals surface area contributed by atoms with Crippen molar-refractivity contribution in [2.24, 2.45) is 0 Å². The van der Waals surface area contributed by atoms with E-state index in [1.54, 1.807) is 0 Å². The number of aliphatic hydroxyl groups is 1. The lowest BCUT2D eigenvalue weighted by atomic mass is 10.0. The van der Waals surface area contributed by atoms with Crippen LogP contribution in [-0.2, 0) is 25.6 Å². The van der Waals surface area contributed by atoms with Gasteiger partial charge in [0.05, 0.1) is 24.9 Å². The van der Waals surface area contributed by atoms with Crippen molar-refractivity contribution in [2.45, 2.75) is 82.4 Å². The zero-order valence-corrected chi connectivity index (χ0v) is 16.5. The molecule has 0 spiro atoms. The molecule has 1 N–H and O–H groups in total. The average molecular weight is 389 g/mol. The molecule has 0 saturated carbocycles. The van der Waals surface area contributed by atoms with Crippen LogP contribution in [0.2, 0.25) is 0 Å². The van der Waals surface area contributed by atoms with Gasteiger partial charge in [-0.2, -0.15) is 0 Å². The fourth-order valence-electron chi connectivity index (χ4n) is 3.81. The van der Waals surface area contributed by atoms with E-state index in [1.807, 2.05) is 18.2 Å². The second-order valence-electron chi connectivity index (χ2n) is 7.65. The number of cyclic esters (lactones) is 1. The van der Waals surface area contributed by atoms with Crippen LogP contribution in [0, 0.1) is 0 Å². The van der Waals surface area contributed by atoms with E-state index in [1.165, 1.54) is 5.56 Å². The molecule has 2 aliphatic heterocycles. The van der Waals surface area contributed by atoms with E-state index in [4.69, 9.17) is 14.2 Å². The summed E-state index contributed by atoms with van der Waals surface area (Å²) in [6, 6.07) is 10.2. The van der Waals surface area contributed by atoms with E-state index in [0.717, 1.165) is 45.1 Å². The minimum absolute atomic E-state index is 0.0440. The van der Waals surface area contributed by atoms with Gasteiger partial charge in [0.25, 0.3) is 0 Å². The summed E-state index contributed by atoms with van der Waals surface area (Å²) >= 11 is 0. The zero-order chi connectivity index (χ0) is 19.6. The Balaban J connectivity index is 1.20. The number of allylic oxidation sites excluding steroid dienone is 2. The predicted molar refractivity (Wildman–Crippen MR) is 107 cm³/mol. The van der Waals surface area contributed by atoms with Crippen LogP contribution in [0.4, 0.5) is 0 Å². The average Bonchev–Trinajstić information content (AvgIpc) is 3.36. The quantitative estimate of drug-likeness (QED) is 0.353. The molecule has 2 aliphatic rings. The van der Waals surface area contributed by atoms with Gasteiger partial charge in [0, 0.05) is 13.0 Å². The zero-order valence-electron chi connectivity index (χ0n) is 16.5. The first-order valence-electron chi connectivity index (χ1n) is 10.5. The second-order valence-corrected chi connectivity index (χ2v) is 7.65. The van der Waals surface area contributed by atoms with Gasteiger partial charge in [0.2, 0.25) is 0 Å². The van der Waals surface area contributed by atoms with E-state index in [9.17, 15) is 9.90 Å². The number of hydrogen-bond acceptors (Lipinski definition) is 5. The number of aliphatic hydroxyl groups excluding tert-OH is 1. The highest BCUT2D eigenvalue weighted by Gasteiger charge is 2.39. The number of rotatable bonds is 11. The summed E-state index contributed by atoms with van der Waals surface area (Å²) < 4.78 is 16.9. The third kappa shape index (κ3) is 6.73. The van der Waals surface area contributed by atoms with E-state index >= 15 is 0 Å². The molecule has 5 nitrogen and oxygen atoms in total. The maximum absolute atomic E-state index is 11.2. The molecule has 5 heteroatoms. The summed E-state index contributed by atoms with van der Waals surface area (Å²) in [4.78, 5) is 11.2. The number of esters is 1. The maximum atomic E-state index is 11.2. The normalized spacial score (nSPS) is 26.0. The minimum atomic E-state index is -0.457. The molecule has 3 rings (SSSR count). The lowest BCUT2D eigenvalue weighted by Gasteiger charge is -2.21. The Bertz CT molecular complexity index is 615. The molecule has 0 radical (unpaired) electrons. The van der Waals surface area contributed by atoms with Gasteiger partial charge in [-0.3, -0.25) is 4.79 Å². The molecule has 0 unspecified atom stereocenters. The molecule has 154 valence electrons. The van der Waals surface area contributed by atoms with Crippen molar-refractivity contribution in [3.05, 3.63) is 48.0 Å². The maximum Gasteiger partial charge on any atom is 0.306 e. The van der Waals surface area contributed by atoms with Crippen LogP contribution in [0.25, 0.3) is 0 Å². The Kier molecular flexibility index (Phi) is 8.52. The minimum Gasteiger partial charge on any atom is -0.460 e. The number of carbonyl (C=O) groups is 1. The van der Waals surface area contributed by atoms with Gasteiger partial charge in [-0.25, -0.2) is 0 Å². The Hall–Kier alpha value is -1.69. The molecule has 0 aliphatic carbocycles. The Morgan fingerprint density at radius 1 is 1.11 bits per heavy atom. The predicted octanol–water partition coefficient (Wildman–Crippen LogP) is 3.93. The highest BCUT2D eigenvalue weighted by Crippen LogP contribution is 2.31. The van der Waals surface area contributed by atoms with Crippen LogP contribution in [-0.4, -0.2) is 42.1 Å². The van der Waals surface area contributed by atoms with Crippen molar-refractivity contribution in [1.82, 2.24) is 0 Å². The highest BCUT2D eigenvalue weighted by molar-refractivity contribution is 5.71. The van der Waals surface area contributed by atoms with Gasteiger partial charge < -0.3 is 19.3 Å². The van der Waals surface area contributed by atoms with E-state index in [0.29, 0.717) is 19.4 Å². The largest absolute Gasteiger partial charge is 0.460 e. The van der Waals surface area contributed by atoms with Gasteiger partial charge in [-0.05, 0) is 50.5 Å². The number of carbonyl (C=O) groups excluding carboxylic acids is 1. The molecule has 2 heterocycles. The number of benzene rings is 1. The Morgan fingerprint density at radius 3 is 2.71 bits per heavy atom. The van der Waals surface area contributed by atoms with Crippen LogP contribution in [0.3, 0.4) is 0 Å². The van der Waals surface area contributed by atoms with Gasteiger partial charge in [0.1, 0.15) is 6.10 Å². The van der Waals surface area contributed by atoms with Crippen molar-refractivity contribution in [3.8, 4) is 0 Å². The molecular weight excluding hydrogens is 356 g/mol. The molecule has 4 atom stereocenters. The molecule has 0 aromatic heterocycles. The van der Waals surface area contributed by atoms with Crippen LogP contribution in [0.1, 0.15) is 56.9 Å². The molecular formula is C23H32O5. The first kappa shape index (κ1) is 21.0. The number of unbranched alkanes of at least 4 members (excludes halogenated alkanes) is 1. The summed E-state index contributed by atoms with van der Waals surface area (Å²) in [6.07, 6.45) is 9.99. The lowest BCUT2D eigenvalue weighted by molar-refractivity contribution is -0.148. The van der Waals surface area contributed by atoms with Gasteiger partial charge in [-0.15, -0.1) is 0 Å². The molecule has 2 saturated heterocycles. The highest BCUT2D eigenvalue weighted by atomic mass is 16.6. The second kappa shape index (κ2) is 11.3. The van der Waals surface area contributed by atoms with Crippen molar-refractivity contribution in [2.75, 3.05) is 6.61 Å². The summed E-state index contributed by atoms with van der Waals surface area (Å²) in [7, 11) is 0. The van der Waals surface area contributed by atoms with E-state index in [2.05, 4.69) is 24.3 Å². The van der Waals surface area contributed by atoms with E-state index in [-0.39, 0.29) is 24.3 Å². The van der Waals surface area contributed by atoms with Crippen LogP contribution >= 0.6 is 0 Å². The summed E-state index contributed by atoms with van der Waals surface area (Å²) in [5, 5.41) is 10.4. The van der Waals surface area contributed by atoms with Gasteiger partial charge in [0.15, 0.2) is 0 Å². The third-order valence-electron chi connectivity index (χ3n) is 5.41. The summed E-state index contributed by atoms with van der Waals surface area (Å²) in [6.45, 7) is 1.42. The van der Waals surface area contributed by atoms with Crippen molar-refractivity contribution >= 4 is 5.97 Å². The van der Waals surface area contributed by atoms with Crippen LogP contribution in [0.5, 0.6) is 0 Å². The standard InChI is InChI=1S/C23H32O5/c24-19(20-12-13-21(27-20)22-14-15-23(25)28-22)11-7-2-1-3-8-16-26-17-18-9-5-4-6-10-18/h1-2,4-6,9-10,19-22,24H,3,7-8,11-17H2/b2-1+/t19-,20-,21-,22-/m1/s1. The van der Waals surface area contributed by atoms with Gasteiger partial charge >= 0.3 is 5.97 Å². The molecule has 28 heavy (non-hydrogen) atoms. The summed E-state index contributed by atoms with van der Waals surface area (Å²) in [5.74, 6) is -0.131. The Morgan fingerprint density at radius 2 is 1.93 bits per heavy atom. The molecule has 0 amide bonds. The SMILES string of the molecule is O=C1CC[C@H]([C@H]2CC[C@H]([C@H](O)CC/C=C/CCCOCc3ccccc3)O2)O1. The number of hydrogen-bond donors (Lipinski definition) is 1. The molecule has 2 fully saturated rings. The molecule has 0 bridgehead atoms. The van der Waals surface area contributed by atoms with Crippen LogP contribution in [0.15, 0.2) is 42.5 Å². The fraction of sp³-hybridized carbons (Fsp3) is 0.609. The van der Waals surface area contributed by atoms with Crippen molar-refractivity contribution in [1.29, 1.82) is 0 Å². The van der Waals surface area contributed by atoms with Crippen LogP contribution < -0.4 is 0 Å². The number of ether oxygens (including phenoxy) is 3. The first-order chi connectivity index (χ1) is 13.7. The smallest absolute Gasteiger partial charge is 0.306 e. The molecule has 1 aromatic carbocycles. The molecule has 1 aromatic rings. The third-order valence-corrected chi connectivity index (χ3v) is 5.41. The lowest BCUT2D eigenvalue weighted by Crippen LogP contribution is -2.30. The summed E-state index contributed by atoms with van der Waals surface area (Å²) in [5.41, 5.74) is 1.20. The Labute approximate surface area is 167 Å². The fourth-order valence-corrected chi connectivity index (χ4v) is 3.81.